The Balaban J connectivity index is 1.63. The van der Waals surface area contributed by atoms with E-state index < -0.39 is 0 Å². The summed E-state index contributed by atoms with van der Waals surface area (Å²) in [6, 6.07) is 0.711. The molecular weight excluding hydrogens is 264 g/mol. The summed E-state index contributed by atoms with van der Waals surface area (Å²) in [6.07, 6.45) is 8.20. The topological polar surface area (TPSA) is 47.7 Å². The van der Waals surface area contributed by atoms with Crippen LogP contribution in [-0.2, 0) is 9.47 Å². The fourth-order valence-corrected chi connectivity index (χ4v) is 4.60. The van der Waals surface area contributed by atoms with Gasteiger partial charge in [0.05, 0.1) is 13.2 Å². The van der Waals surface area contributed by atoms with Gasteiger partial charge in [-0.25, -0.2) is 0 Å². The lowest BCUT2D eigenvalue weighted by Crippen LogP contribution is -2.58. The van der Waals surface area contributed by atoms with E-state index in [-0.39, 0.29) is 11.8 Å². The third kappa shape index (κ3) is 3.00. The number of nitrogens with two attached hydrogens (primary N) is 1. The van der Waals surface area contributed by atoms with Crippen molar-refractivity contribution in [3.05, 3.63) is 0 Å². The fourth-order valence-electron chi connectivity index (χ4n) is 4.60. The Morgan fingerprint density at radius 2 is 1.67 bits per heavy atom. The Labute approximate surface area is 129 Å². The number of hydrogen-bond donors (Lipinski definition) is 1. The highest BCUT2D eigenvalue weighted by molar-refractivity contribution is 4.97. The summed E-state index contributed by atoms with van der Waals surface area (Å²) >= 11 is 0. The van der Waals surface area contributed by atoms with Crippen molar-refractivity contribution in [1.82, 2.24) is 4.90 Å². The van der Waals surface area contributed by atoms with Gasteiger partial charge in [-0.2, -0.15) is 0 Å². The highest BCUT2D eigenvalue weighted by Gasteiger charge is 2.47. The molecule has 0 aromatic heterocycles. The van der Waals surface area contributed by atoms with E-state index in [9.17, 15) is 0 Å². The number of hydrogen-bond acceptors (Lipinski definition) is 4. The van der Waals surface area contributed by atoms with Crippen LogP contribution in [0.15, 0.2) is 0 Å². The predicted molar refractivity (Wildman–Crippen MR) is 84.1 cm³/mol. The summed E-state index contributed by atoms with van der Waals surface area (Å²) in [6.45, 7) is 8.57. The van der Waals surface area contributed by atoms with Crippen LogP contribution in [0.1, 0.15) is 58.8 Å². The van der Waals surface area contributed by atoms with Gasteiger partial charge in [-0.1, -0.05) is 26.7 Å². The first-order valence-electron chi connectivity index (χ1n) is 8.89. The van der Waals surface area contributed by atoms with Gasteiger partial charge in [-0.15, -0.1) is 0 Å². The fraction of sp³-hybridized carbons (Fsp3) is 1.00. The van der Waals surface area contributed by atoms with E-state index in [0.29, 0.717) is 11.5 Å². The number of ether oxygens (including phenoxy) is 2. The molecule has 1 aliphatic carbocycles. The number of rotatable bonds is 3. The molecule has 3 rings (SSSR count). The molecule has 0 bridgehead atoms. The highest BCUT2D eigenvalue weighted by Crippen LogP contribution is 2.42. The quantitative estimate of drug-likeness (QED) is 0.869. The molecule has 2 atom stereocenters. The lowest BCUT2D eigenvalue weighted by Gasteiger charge is -2.49. The van der Waals surface area contributed by atoms with Crippen molar-refractivity contribution in [2.24, 2.45) is 11.1 Å². The molecule has 2 saturated heterocycles. The average Bonchev–Trinajstić information content (AvgIpc) is 2.98. The van der Waals surface area contributed by atoms with E-state index in [0.717, 1.165) is 32.5 Å². The van der Waals surface area contributed by atoms with Gasteiger partial charge in [0, 0.05) is 24.9 Å². The van der Waals surface area contributed by atoms with Gasteiger partial charge >= 0.3 is 0 Å². The molecule has 2 heterocycles. The van der Waals surface area contributed by atoms with E-state index in [2.05, 4.69) is 18.7 Å². The number of likely N-dealkylation sites (tertiary alicyclic amines) is 1. The monoisotopic (exact) mass is 296 g/mol. The molecule has 0 radical (unpaired) electrons. The van der Waals surface area contributed by atoms with Crippen LogP contribution in [0, 0.1) is 5.41 Å². The summed E-state index contributed by atoms with van der Waals surface area (Å²) in [5.74, 6) is -0.315. The number of nitrogens with zero attached hydrogens (tertiary/aromatic N) is 1. The molecule has 4 heteroatoms. The first-order valence-corrected chi connectivity index (χ1v) is 8.89. The van der Waals surface area contributed by atoms with E-state index in [1.54, 1.807) is 0 Å². The maximum atomic E-state index is 6.44. The van der Waals surface area contributed by atoms with Crippen LogP contribution >= 0.6 is 0 Å². The van der Waals surface area contributed by atoms with E-state index in [1.165, 1.54) is 38.8 Å². The lowest BCUT2D eigenvalue weighted by molar-refractivity contribution is -0.193. The first kappa shape index (κ1) is 15.7. The lowest BCUT2D eigenvalue weighted by atomic mass is 9.73. The van der Waals surface area contributed by atoms with Crippen LogP contribution in [-0.4, -0.2) is 49.1 Å². The minimum Gasteiger partial charge on any atom is -0.347 e. The molecule has 0 aromatic carbocycles. The Morgan fingerprint density at radius 3 is 2.24 bits per heavy atom. The zero-order valence-corrected chi connectivity index (χ0v) is 13.8. The van der Waals surface area contributed by atoms with Gasteiger partial charge in [0.25, 0.3) is 0 Å². The van der Waals surface area contributed by atoms with Gasteiger partial charge in [0.1, 0.15) is 0 Å². The largest absolute Gasteiger partial charge is 0.347 e. The third-order valence-electron chi connectivity index (χ3n) is 6.51. The van der Waals surface area contributed by atoms with Gasteiger partial charge in [-0.05, 0) is 37.8 Å². The van der Waals surface area contributed by atoms with E-state index in [4.69, 9.17) is 15.2 Å². The maximum Gasteiger partial charge on any atom is 0.170 e. The standard InChI is InChI=1S/C17H32N2O2/c1-3-16(4-2)7-9-19(10-8-16)15-13-17(6-5-14(15)18)20-11-12-21-17/h14-15H,3-13,18H2,1-2H3. The molecule has 21 heavy (non-hydrogen) atoms. The van der Waals surface area contributed by atoms with Gasteiger partial charge < -0.3 is 15.2 Å². The molecule has 3 aliphatic rings. The van der Waals surface area contributed by atoms with Crippen molar-refractivity contribution < 1.29 is 9.47 Å². The summed E-state index contributed by atoms with van der Waals surface area (Å²) < 4.78 is 11.9. The second kappa shape index (κ2) is 6.15. The van der Waals surface area contributed by atoms with Crippen molar-refractivity contribution in [3.8, 4) is 0 Å². The maximum absolute atomic E-state index is 6.44. The summed E-state index contributed by atoms with van der Waals surface area (Å²) in [4.78, 5) is 2.63. The van der Waals surface area contributed by atoms with Crippen molar-refractivity contribution in [3.63, 3.8) is 0 Å². The predicted octanol–water partition coefficient (Wildman–Crippen LogP) is 2.51. The minimum absolute atomic E-state index is 0.277. The second-order valence-electron chi connectivity index (χ2n) is 7.32. The van der Waals surface area contributed by atoms with Crippen LogP contribution in [0.5, 0.6) is 0 Å². The minimum atomic E-state index is -0.315. The third-order valence-corrected chi connectivity index (χ3v) is 6.51. The zero-order valence-electron chi connectivity index (χ0n) is 13.8. The van der Waals surface area contributed by atoms with Crippen molar-refractivity contribution >= 4 is 0 Å². The van der Waals surface area contributed by atoms with Gasteiger partial charge in [-0.3, -0.25) is 4.90 Å². The molecule has 3 fully saturated rings. The van der Waals surface area contributed by atoms with Crippen LogP contribution in [0.4, 0.5) is 0 Å². The summed E-state index contributed by atoms with van der Waals surface area (Å²) in [7, 11) is 0. The summed E-state index contributed by atoms with van der Waals surface area (Å²) in [5.41, 5.74) is 7.02. The molecule has 122 valence electrons. The zero-order chi connectivity index (χ0) is 14.9. The molecular formula is C17H32N2O2. The van der Waals surface area contributed by atoms with E-state index >= 15 is 0 Å². The van der Waals surface area contributed by atoms with Gasteiger partial charge in [0.2, 0.25) is 0 Å². The van der Waals surface area contributed by atoms with E-state index in [1.807, 2.05) is 0 Å². The Hall–Kier alpha value is -0.160. The van der Waals surface area contributed by atoms with Crippen molar-refractivity contribution in [2.45, 2.75) is 76.7 Å². The van der Waals surface area contributed by atoms with Crippen molar-refractivity contribution in [2.75, 3.05) is 26.3 Å². The Morgan fingerprint density at radius 1 is 1.05 bits per heavy atom. The molecule has 0 amide bonds. The second-order valence-corrected chi connectivity index (χ2v) is 7.32. The van der Waals surface area contributed by atoms with Crippen LogP contribution in [0.25, 0.3) is 0 Å². The van der Waals surface area contributed by atoms with Crippen LogP contribution in [0.3, 0.4) is 0 Å². The van der Waals surface area contributed by atoms with Crippen LogP contribution in [0.2, 0.25) is 0 Å². The normalized spacial score (nSPS) is 36.1. The van der Waals surface area contributed by atoms with Crippen molar-refractivity contribution in [1.29, 1.82) is 0 Å². The first-order chi connectivity index (χ1) is 10.1. The molecule has 0 aromatic rings. The molecule has 2 aliphatic heterocycles. The highest BCUT2D eigenvalue weighted by atomic mass is 16.7. The van der Waals surface area contributed by atoms with Crippen LogP contribution < -0.4 is 5.73 Å². The van der Waals surface area contributed by atoms with Gasteiger partial charge in [0.15, 0.2) is 5.79 Å². The Kier molecular flexibility index (Phi) is 4.60. The Bertz CT molecular complexity index is 341. The number of piperidine rings is 1. The molecule has 2 unspecified atom stereocenters. The molecule has 4 nitrogen and oxygen atoms in total. The molecule has 2 N–H and O–H groups in total. The SMILES string of the molecule is CCC1(CC)CCN(C2CC3(CCC2N)OCCO3)CC1. The summed E-state index contributed by atoms with van der Waals surface area (Å²) in [5, 5.41) is 0. The smallest absolute Gasteiger partial charge is 0.170 e. The average molecular weight is 296 g/mol. The molecule has 1 saturated carbocycles. The molecule has 1 spiro atoms.